The molecule has 1 rings (SSSR count). The zero-order valence-corrected chi connectivity index (χ0v) is 11.2. The van der Waals surface area contributed by atoms with Gasteiger partial charge in [0.15, 0.2) is 0 Å². The summed E-state index contributed by atoms with van der Waals surface area (Å²) in [5.74, 6) is 0. The summed E-state index contributed by atoms with van der Waals surface area (Å²) in [6, 6.07) is 0.352. The van der Waals surface area contributed by atoms with Crippen molar-refractivity contribution in [1.82, 2.24) is 4.90 Å². The van der Waals surface area contributed by atoms with Crippen molar-refractivity contribution < 1.29 is 4.74 Å². The minimum atomic E-state index is 0.0827. The number of hydrogen-bond acceptors (Lipinski definition) is 3. The van der Waals surface area contributed by atoms with Crippen LogP contribution in [0.3, 0.4) is 0 Å². The Morgan fingerprint density at radius 1 is 1.44 bits per heavy atom. The van der Waals surface area contributed by atoms with E-state index >= 15 is 0 Å². The lowest BCUT2D eigenvalue weighted by molar-refractivity contribution is -0.0508. The summed E-state index contributed by atoms with van der Waals surface area (Å²) >= 11 is 0. The van der Waals surface area contributed by atoms with Crippen LogP contribution < -0.4 is 5.73 Å². The molecule has 0 saturated carbocycles. The lowest BCUT2D eigenvalue weighted by Gasteiger charge is -2.39. The molecule has 0 aromatic carbocycles. The number of rotatable bonds is 6. The molecular formula is C13H28N2O. The van der Waals surface area contributed by atoms with Gasteiger partial charge in [0, 0.05) is 19.7 Å². The van der Waals surface area contributed by atoms with E-state index in [0.29, 0.717) is 6.04 Å². The fraction of sp³-hybridized carbons (Fsp3) is 1.00. The van der Waals surface area contributed by atoms with Gasteiger partial charge in [0.1, 0.15) is 0 Å². The number of nitrogens with two attached hydrogens (primary N) is 1. The molecule has 0 bridgehead atoms. The Kier molecular flexibility index (Phi) is 5.73. The Morgan fingerprint density at radius 2 is 2.19 bits per heavy atom. The number of methoxy groups -OCH3 is 1. The smallest absolute Gasteiger partial charge is 0.0777 e. The molecule has 1 aliphatic rings. The van der Waals surface area contributed by atoms with Crippen LogP contribution in [0, 0.1) is 0 Å². The van der Waals surface area contributed by atoms with E-state index < -0.39 is 0 Å². The highest BCUT2D eigenvalue weighted by molar-refractivity contribution is 4.84. The second kappa shape index (κ2) is 6.58. The maximum absolute atomic E-state index is 5.74. The molecule has 0 aromatic rings. The molecule has 0 aromatic heterocycles. The first-order valence-corrected chi connectivity index (χ1v) is 6.59. The molecule has 96 valence electrons. The van der Waals surface area contributed by atoms with E-state index in [1.165, 1.54) is 38.8 Å². The van der Waals surface area contributed by atoms with Crippen LogP contribution in [-0.2, 0) is 4.74 Å². The SMILES string of the molecule is COC1(C)CCCN(CCCCC(C)N)C1. The first-order valence-electron chi connectivity index (χ1n) is 6.59. The van der Waals surface area contributed by atoms with Crippen molar-refractivity contribution in [1.29, 1.82) is 0 Å². The fourth-order valence-electron chi connectivity index (χ4n) is 2.47. The molecule has 1 saturated heterocycles. The maximum atomic E-state index is 5.74. The number of nitrogens with zero attached hydrogens (tertiary/aromatic N) is 1. The normalized spacial score (nSPS) is 29.2. The van der Waals surface area contributed by atoms with E-state index in [-0.39, 0.29) is 5.60 Å². The monoisotopic (exact) mass is 228 g/mol. The molecule has 2 atom stereocenters. The minimum absolute atomic E-state index is 0.0827. The van der Waals surface area contributed by atoms with Gasteiger partial charge in [0.25, 0.3) is 0 Å². The molecular weight excluding hydrogens is 200 g/mol. The van der Waals surface area contributed by atoms with E-state index in [1.807, 2.05) is 7.11 Å². The summed E-state index contributed by atoms with van der Waals surface area (Å²) in [7, 11) is 1.83. The second-order valence-corrected chi connectivity index (χ2v) is 5.51. The minimum Gasteiger partial charge on any atom is -0.377 e. The van der Waals surface area contributed by atoms with Crippen molar-refractivity contribution in [3.63, 3.8) is 0 Å². The van der Waals surface area contributed by atoms with E-state index in [9.17, 15) is 0 Å². The third-order valence-electron chi connectivity index (χ3n) is 3.61. The first kappa shape index (κ1) is 13.9. The van der Waals surface area contributed by atoms with Gasteiger partial charge in [-0.1, -0.05) is 6.42 Å². The van der Waals surface area contributed by atoms with E-state index in [0.717, 1.165) is 13.0 Å². The predicted octanol–water partition coefficient (Wildman–Crippen LogP) is 2.00. The van der Waals surface area contributed by atoms with Gasteiger partial charge in [-0.2, -0.15) is 0 Å². The van der Waals surface area contributed by atoms with Crippen molar-refractivity contribution in [2.45, 2.75) is 57.6 Å². The van der Waals surface area contributed by atoms with E-state index in [4.69, 9.17) is 10.5 Å². The number of unbranched alkanes of at least 4 members (excludes halogenated alkanes) is 1. The van der Waals surface area contributed by atoms with Crippen LogP contribution in [0.25, 0.3) is 0 Å². The first-order chi connectivity index (χ1) is 7.56. The van der Waals surface area contributed by atoms with Crippen molar-refractivity contribution >= 4 is 0 Å². The molecule has 0 amide bonds. The maximum Gasteiger partial charge on any atom is 0.0777 e. The molecule has 1 aliphatic heterocycles. The Bertz CT molecular complexity index is 196. The molecule has 3 heteroatoms. The number of likely N-dealkylation sites (tertiary alicyclic amines) is 1. The van der Waals surface area contributed by atoms with Crippen molar-refractivity contribution in [2.24, 2.45) is 5.73 Å². The Labute approximate surface area is 100 Å². The fourth-order valence-corrected chi connectivity index (χ4v) is 2.47. The van der Waals surface area contributed by atoms with Gasteiger partial charge in [-0.25, -0.2) is 0 Å². The van der Waals surface area contributed by atoms with Crippen LogP contribution in [0.4, 0.5) is 0 Å². The molecule has 0 aliphatic carbocycles. The molecule has 0 radical (unpaired) electrons. The van der Waals surface area contributed by atoms with Crippen molar-refractivity contribution in [3.05, 3.63) is 0 Å². The van der Waals surface area contributed by atoms with E-state index in [1.54, 1.807) is 0 Å². The van der Waals surface area contributed by atoms with Crippen molar-refractivity contribution in [3.8, 4) is 0 Å². The van der Waals surface area contributed by atoms with Crippen molar-refractivity contribution in [2.75, 3.05) is 26.7 Å². The average Bonchev–Trinajstić information content (AvgIpc) is 2.24. The van der Waals surface area contributed by atoms with Gasteiger partial charge in [-0.05, 0) is 52.6 Å². The van der Waals surface area contributed by atoms with Gasteiger partial charge in [0.05, 0.1) is 5.60 Å². The standard InChI is InChI=1S/C13H28N2O/c1-12(14)7-4-5-9-15-10-6-8-13(2,11-15)16-3/h12H,4-11,14H2,1-3H3. The van der Waals surface area contributed by atoms with Gasteiger partial charge >= 0.3 is 0 Å². The number of ether oxygens (including phenoxy) is 1. The highest BCUT2D eigenvalue weighted by Gasteiger charge is 2.30. The highest BCUT2D eigenvalue weighted by atomic mass is 16.5. The highest BCUT2D eigenvalue weighted by Crippen LogP contribution is 2.23. The van der Waals surface area contributed by atoms with Crippen LogP contribution in [0.15, 0.2) is 0 Å². The quantitative estimate of drug-likeness (QED) is 0.707. The van der Waals surface area contributed by atoms with Crippen LogP contribution in [-0.4, -0.2) is 43.3 Å². The van der Waals surface area contributed by atoms with Crippen LogP contribution in [0.2, 0.25) is 0 Å². The van der Waals surface area contributed by atoms with Gasteiger partial charge in [-0.3, -0.25) is 0 Å². The Balaban J connectivity index is 2.17. The van der Waals surface area contributed by atoms with Crippen LogP contribution >= 0.6 is 0 Å². The zero-order valence-electron chi connectivity index (χ0n) is 11.2. The molecule has 16 heavy (non-hydrogen) atoms. The average molecular weight is 228 g/mol. The molecule has 1 heterocycles. The Morgan fingerprint density at radius 3 is 2.81 bits per heavy atom. The predicted molar refractivity (Wildman–Crippen MR) is 68.6 cm³/mol. The summed E-state index contributed by atoms with van der Waals surface area (Å²) in [5, 5.41) is 0. The van der Waals surface area contributed by atoms with Gasteiger partial charge in [-0.15, -0.1) is 0 Å². The van der Waals surface area contributed by atoms with Gasteiger partial charge < -0.3 is 15.4 Å². The lowest BCUT2D eigenvalue weighted by Crippen LogP contribution is -2.47. The third kappa shape index (κ3) is 4.81. The summed E-state index contributed by atoms with van der Waals surface area (Å²) in [5.41, 5.74) is 5.83. The van der Waals surface area contributed by atoms with E-state index in [2.05, 4.69) is 18.7 Å². The van der Waals surface area contributed by atoms with Crippen LogP contribution in [0.5, 0.6) is 0 Å². The summed E-state index contributed by atoms with van der Waals surface area (Å²) in [6.07, 6.45) is 6.12. The van der Waals surface area contributed by atoms with Gasteiger partial charge in [0.2, 0.25) is 0 Å². The third-order valence-corrected chi connectivity index (χ3v) is 3.61. The largest absolute Gasteiger partial charge is 0.377 e. The molecule has 0 spiro atoms. The number of piperidine rings is 1. The molecule has 1 fully saturated rings. The van der Waals surface area contributed by atoms with Crippen LogP contribution in [0.1, 0.15) is 46.0 Å². The molecule has 2 unspecified atom stereocenters. The lowest BCUT2D eigenvalue weighted by atomic mass is 9.94. The summed E-state index contributed by atoms with van der Waals surface area (Å²) in [6.45, 7) is 7.83. The molecule has 3 nitrogen and oxygen atoms in total. The topological polar surface area (TPSA) is 38.5 Å². The zero-order chi connectivity index (χ0) is 12.0. The second-order valence-electron chi connectivity index (χ2n) is 5.51. The molecule has 2 N–H and O–H groups in total. The summed E-state index contributed by atoms with van der Waals surface area (Å²) < 4.78 is 5.59. The summed E-state index contributed by atoms with van der Waals surface area (Å²) in [4.78, 5) is 2.54. The Hall–Kier alpha value is -0.120. The number of hydrogen-bond donors (Lipinski definition) is 1.